The van der Waals surface area contributed by atoms with Crippen molar-refractivity contribution in [2.45, 2.75) is 20.8 Å². The Bertz CT molecular complexity index is 442. The number of nitrogens with zero attached hydrogens (tertiary/aromatic N) is 3. The van der Waals surface area contributed by atoms with Crippen molar-refractivity contribution in [1.29, 1.82) is 0 Å². The number of aromatic nitrogens is 1. The first-order valence-electron chi connectivity index (χ1n) is 6.64. The van der Waals surface area contributed by atoms with E-state index < -0.39 is 0 Å². The van der Waals surface area contributed by atoms with E-state index in [1.807, 2.05) is 37.8 Å². The maximum absolute atomic E-state index is 12.2. The van der Waals surface area contributed by atoms with E-state index in [-0.39, 0.29) is 11.3 Å². The smallest absolute Gasteiger partial charge is 0.228 e. The zero-order valence-corrected chi connectivity index (χ0v) is 11.9. The summed E-state index contributed by atoms with van der Waals surface area (Å²) < 4.78 is 0. The second-order valence-corrected chi connectivity index (χ2v) is 5.97. The molecule has 0 spiro atoms. The lowest BCUT2D eigenvalue weighted by Crippen LogP contribution is -2.51. The van der Waals surface area contributed by atoms with Crippen LogP contribution in [0.2, 0.25) is 0 Å². The number of amides is 1. The van der Waals surface area contributed by atoms with E-state index >= 15 is 0 Å². The van der Waals surface area contributed by atoms with E-state index in [0.717, 1.165) is 31.9 Å². The molecule has 1 aliphatic rings. The fourth-order valence-electron chi connectivity index (χ4n) is 2.23. The molecule has 2 heterocycles. The molecule has 5 heteroatoms. The predicted octanol–water partition coefficient (Wildman–Crippen LogP) is 1.36. The fraction of sp³-hybridized carbons (Fsp3) is 0.571. The van der Waals surface area contributed by atoms with Crippen molar-refractivity contribution in [3.8, 4) is 0 Å². The minimum absolute atomic E-state index is 0.225. The second-order valence-electron chi connectivity index (χ2n) is 5.97. The monoisotopic (exact) mass is 262 g/mol. The number of carbonyl (C=O) groups is 1. The summed E-state index contributed by atoms with van der Waals surface area (Å²) in [5, 5.41) is 0. The fourth-order valence-corrected chi connectivity index (χ4v) is 2.23. The van der Waals surface area contributed by atoms with Crippen molar-refractivity contribution < 1.29 is 4.79 Å². The van der Waals surface area contributed by atoms with Gasteiger partial charge in [-0.1, -0.05) is 20.8 Å². The number of piperazine rings is 1. The van der Waals surface area contributed by atoms with Crippen LogP contribution in [0.25, 0.3) is 0 Å². The third-order valence-corrected chi connectivity index (χ3v) is 3.34. The van der Waals surface area contributed by atoms with Gasteiger partial charge in [0, 0.05) is 31.6 Å². The molecule has 2 rings (SSSR count). The highest BCUT2D eigenvalue weighted by Crippen LogP contribution is 2.21. The Morgan fingerprint density at radius 2 is 1.84 bits per heavy atom. The third kappa shape index (κ3) is 3.16. The van der Waals surface area contributed by atoms with Crippen LogP contribution in [0.15, 0.2) is 18.3 Å². The van der Waals surface area contributed by atoms with Gasteiger partial charge in [-0.3, -0.25) is 4.79 Å². The van der Waals surface area contributed by atoms with E-state index in [1.165, 1.54) is 0 Å². The van der Waals surface area contributed by atoms with Crippen molar-refractivity contribution in [3.63, 3.8) is 0 Å². The summed E-state index contributed by atoms with van der Waals surface area (Å²) in [6.45, 7) is 9.10. The van der Waals surface area contributed by atoms with Crippen LogP contribution in [0, 0.1) is 5.41 Å². The van der Waals surface area contributed by atoms with Crippen LogP contribution >= 0.6 is 0 Å². The van der Waals surface area contributed by atoms with Gasteiger partial charge in [-0.05, 0) is 12.1 Å². The zero-order valence-electron chi connectivity index (χ0n) is 11.9. The van der Waals surface area contributed by atoms with Crippen LogP contribution < -0.4 is 10.6 Å². The number of nitrogen functional groups attached to an aromatic ring is 1. The van der Waals surface area contributed by atoms with Gasteiger partial charge in [0.05, 0.1) is 11.9 Å². The lowest BCUT2D eigenvalue weighted by atomic mass is 9.94. The normalized spacial score (nSPS) is 16.6. The molecule has 1 aromatic rings. The predicted molar refractivity (Wildman–Crippen MR) is 76.9 cm³/mol. The molecule has 0 bridgehead atoms. The molecule has 1 aromatic heterocycles. The molecule has 0 aromatic carbocycles. The molecule has 0 radical (unpaired) electrons. The van der Waals surface area contributed by atoms with Crippen molar-refractivity contribution in [1.82, 2.24) is 9.88 Å². The highest BCUT2D eigenvalue weighted by Gasteiger charge is 2.29. The van der Waals surface area contributed by atoms with Gasteiger partial charge >= 0.3 is 0 Å². The van der Waals surface area contributed by atoms with Gasteiger partial charge in [0.2, 0.25) is 5.91 Å². The molecule has 19 heavy (non-hydrogen) atoms. The Labute approximate surface area is 114 Å². The number of carbonyl (C=O) groups excluding carboxylic acids is 1. The maximum atomic E-state index is 12.2. The zero-order chi connectivity index (χ0) is 14.0. The van der Waals surface area contributed by atoms with E-state index in [9.17, 15) is 4.79 Å². The van der Waals surface area contributed by atoms with Crippen molar-refractivity contribution in [2.75, 3.05) is 36.8 Å². The Kier molecular flexibility index (Phi) is 3.64. The van der Waals surface area contributed by atoms with E-state index in [0.29, 0.717) is 5.82 Å². The molecule has 104 valence electrons. The van der Waals surface area contributed by atoms with Gasteiger partial charge in [0.1, 0.15) is 5.82 Å². The maximum Gasteiger partial charge on any atom is 0.228 e. The molecule has 0 aliphatic carbocycles. The number of rotatable bonds is 1. The SMILES string of the molecule is CC(C)(C)C(=O)N1CCN(c2ccc(N)nc2)CC1. The molecule has 1 amide bonds. The summed E-state index contributed by atoms with van der Waals surface area (Å²) in [5.74, 6) is 0.757. The Hall–Kier alpha value is -1.78. The first-order chi connectivity index (χ1) is 8.88. The van der Waals surface area contributed by atoms with Crippen LogP contribution in [0.4, 0.5) is 11.5 Å². The topological polar surface area (TPSA) is 62.5 Å². The molecule has 1 aliphatic heterocycles. The molecule has 5 nitrogen and oxygen atoms in total. The van der Waals surface area contributed by atoms with Gasteiger partial charge in [0.15, 0.2) is 0 Å². The van der Waals surface area contributed by atoms with E-state index in [4.69, 9.17) is 5.73 Å². The highest BCUT2D eigenvalue weighted by molar-refractivity contribution is 5.81. The number of pyridine rings is 1. The molecule has 0 unspecified atom stereocenters. The Balaban J connectivity index is 1.96. The van der Waals surface area contributed by atoms with Crippen LogP contribution in [-0.2, 0) is 4.79 Å². The van der Waals surface area contributed by atoms with E-state index in [2.05, 4.69) is 9.88 Å². The summed E-state index contributed by atoms with van der Waals surface area (Å²) in [7, 11) is 0. The largest absolute Gasteiger partial charge is 0.384 e. The van der Waals surface area contributed by atoms with Crippen LogP contribution in [0.3, 0.4) is 0 Å². The second kappa shape index (κ2) is 5.07. The molecule has 1 saturated heterocycles. The summed E-state index contributed by atoms with van der Waals surface area (Å²) in [6.07, 6.45) is 1.79. The summed E-state index contributed by atoms with van der Waals surface area (Å²) >= 11 is 0. The van der Waals surface area contributed by atoms with Crippen molar-refractivity contribution in [3.05, 3.63) is 18.3 Å². The van der Waals surface area contributed by atoms with E-state index in [1.54, 1.807) is 6.20 Å². The number of nitrogens with two attached hydrogens (primary N) is 1. The van der Waals surface area contributed by atoms with Crippen LogP contribution in [-0.4, -0.2) is 42.0 Å². The van der Waals surface area contributed by atoms with Gasteiger partial charge in [-0.15, -0.1) is 0 Å². The first-order valence-corrected chi connectivity index (χ1v) is 6.64. The quantitative estimate of drug-likeness (QED) is 0.830. The van der Waals surface area contributed by atoms with Crippen LogP contribution in [0.5, 0.6) is 0 Å². The summed E-state index contributed by atoms with van der Waals surface area (Å²) in [4.78, 5) is 20.5. The van der Waals surface area contributed by atoms with Gasteiger partial charge < -0.3 is 15.5 Å². The minimum atomic E-state index is -0.301. The Morgan fingerprint density at radius 1 is 1.21 bits per heavy atom. The first kappa shape index (κ1) is 13.6. The van der Waals surface area contributed by atoms with Gasteiger partial charge in [-0.25, -0.2) is 4.98 Å². The molecular formula is C14H22N4O. The van der Waals surface area contributed by atoms with Crippen LogP contribution in [0.1, 0.15) is 20.8 Å². The molecule has 2 N–H and O–H groups in total. The average Bonchev–Trinajstić information content (AvgIpc) is 2.38. The molecule has 1 fully saturated rings. The van der Waals surface area contributed by atoms with Crippen molar-refractivity contribution >= 4 is 17.4 Å². The summed E-state index contributed by atoms with van der Waals surface area (Å²) in [6, 6.07) is 3.78. The average molecular weight is 262 g/mol. The van der Waals surface area contributed by atoms with Gasteiger partial charge in [-0.2, -0.15) is 0 Å². The number of hydrogen-bond donors (Lipinski definition) is 1. The third-order valence-electron chi connectivity index (χ3n) is 3.34. The molecule has 0 saturated carbocycles. The lowest BCUT2D eigenvalue weighted by molar-refractivity contribution is -0.139. The lowest BCUT2D eigenvalue weighted by Gasteiger charge is -2.38. The van der Waals surface area contributed by atoms with Gasteiger partial charge in [0.25, 0.3) is 0 Å². The minimum Gasteiger partial charge on any atom is -0.384 e. The standard InChI is InChI=1S/C14H22N4O/c1-14(2,3)13(19)18-8-6-17(7-9-18)11-4-5-12(15)16-10-11/h4-5,10H,6-9H2,1-3H3,(H2,15,16). The number of anilines is 2. The molecular weight excluding hydrogens is 240 g/mol. The molecule has 0 atom stereocenters. The number of hydrogen-bond acceptors (Lipinski definition) is 4. The summed E-state index contributed by atoms with van der Waals surface area (Å²) in [5.41, 5.74) is 6.35. The van der Waals surface area contributed by atoms with Crippen molar-refractivity contribution in [2.24, 2.45) is 5.41 Å². The highest BCUT2D eigenvalue weighted by atomic mass is 16.2. The Morgan fingerprint density at radius 3 is 2.32 bits per heavy atom.